The van der Waals surface area contributed by atoms with Gasteiger partial charge in [0.1, 0.15) is 0 Å². The van der Waals surface area contributed by atoms with E-state index in [2.05, 4.69) is 5.32 Å². The molecule has 0 bridgehead atoms. The Morgan fingerprint density at radius 2 is 1.95 bits per heavy atom. The molecule has 1 amide bonds. The third-order valence-electron chi connectivity index (χ3n) is 2.27. The third kappa shape index (κ3) is 5.98. The number of hydrogen-bond acceptors (Lipinski definition) is 3. The van der Waals surface area contributed by atoms with Crippen LogP contribution in [-0.4, -0.2) is 29.7 Å². The zero-order chi connectivity index (χ0) is 14.5. The molecule has 106 valence electrons. The normalized spacial score (nSPS) is 13.1. The van der Waals surface area contributed by atoms with E-state index in [1.54, 1.807) is 6.92 Å². The summed E-state index contributed by atoms with van der Waals surface area (Å²) < 4.78 is 36.3. The molecule has 1 unspecified atom stereocenters. The molecule has 19 heavy (non-hydrogen) atoms. The molecule has 0 saturated carbocycles. The molecule has 1 aromatic rings. The van der Waals surface area contributed by atoms with Gasteiger partial charge in [-0.1, -0.05) is 6.92 Å². The summed E-state index contributed by atoms with van der Waals surface area (Å²) >= 11 is -0.222. The molecular formula is C12H14F3NO2S. The first kappa shape index (κ1) is 15.8. The molecule has 0 aliphatic carbocycles. The van der Waals surface area contributed by atoms with E-state index in [9.17, 15) is 18.0 Å². The largest absolute Gasteiger partial charge is 0.446 e. The summed E-state index contributed by atoms with van der Waals surface area (Å²) in [6.07, 6.45) is 0. The van der Waals surface area contributed by atoms with Gasteiger partial charge in [-0.15, -0.1) is 0 Å². The molecule has 0 radical (unpaired) electrons. The molecule has 7 heteroatoms. The lowest BCUT2D eigenvalue weighted by molar-refractivity contribution is -0.0328. The van der Waals surface area contributed by atoms with Crippen LogP contribution >= 0.6 is 11.8 Å². The molecule has 0 saturated heterocycles. The number of halogens is 3. The second-order valence-corrected chi connectivity index (χ2v) is 5.21. The molecule has 1 aromatic carbocycles. The monoisotopic (exact) mass is 293 g/mol. The van der Waals surface area contributed by atoms with Crippen molar-refractivity contribution in [1.29, 1.82) is 0 Å². The fourth-order valence-electron chi connectivity index (χ4n) is 1.24. The van der Waals surface area contributed by atoms with E-state index in [0.29, 0.717) is 6.54 Å². The molecule has 0 heterocycles. The van der Waals surface area contributed by atoms with E-state index >= 15 is 0 Å². The molecule has 1 rings (SSSR count). The van der Waals surface area contributed by atoms with Crippen molar-refractivity contribution in [3.05, 3.63) is 29.8 Å². The predicted octanol–water partition coefficient (Wildman–Crippen LogP) is 2.66. The van der Waals surface area contributed by atoms with Gasteiger partial charge >= 0.3 is 5.51 Å². The Balaban J connectivity index is 2.58. The number of carbonyl (C=O) groups is 1. The van der Waals surface area contributed by atoms with Gasteiger partial charge in [0.2, 0.25) is 0 Å². The lowest BCUT2D eigenvalue weighted by atomic mass is 10.2. The Bertz CT molecular complexity index is 420. The maximum absolute atomic E-state index is 12.1. The molecule has 2 N–H and O–H groups in total. The number of benzene rings is 1. The molecule has 3 nitrogen and oxygen atoms in total. The molecule has 0 aromatic heterocycles. The summed E-state index contributed by atoms with van der Waals surface area (Å²) in [5.41, 5.74) is -4.04. The lowest BCUT2D eigenvalue weighted by Crippen LogP contribution is -2.29. The van der Waals surface area contributed by atoms with Crippen molar-refractivity contribution in [2.75, 3.05) is 13.2 Å². The highest BCUT2D eigenvalue weighted by Gasteiger charge is 2.29. The van der Waals surface area contributed by atoms with Crippen molar-refractivity contribution in [2.24, 2.45) is 5.92 Å². The number of aliphatic hydroxyl groups excluding tert-OH is 1. The van der Waals surface area contributed by atoms with Crippen molar-refractivity contribution < 1.29 is 23.1 Å². The number of thioether (sulfide) groups is 1. The highest BCUT2D eigenvalue weighted by molar-refractivity contribution is 8.00. The summed E-state index contributed by atoms with van der Waals surface area (Å²) in [5, 5.41) is 11.4. The van der Waals surface area contributed by atoms with Crippen molar-refractivity contribution in [3.63, 3.8) is 0 Å². The van der Waals surface area contributed by atoms with Crippen LogP contribution in [0, 0.1) is 5.92 Å². The topological polar surface area (TPSA) is 49.3 Å². The minimum atomic E-state index is -4.33. The van der Waals surface area contributed by atoms with E-state index < -0.39 is 5.51 Å². The van der Waals surface area contributed by atoms with Gasteiger partial charge in [-0.25, -0.2) is 0 Å². The standard InChI is InChI=1S/C12H14F3NO2S/c1-8(7-17)6-16-11(18)9-2-4-10(5-3-9)19-12(13,14)15/h2-5,8,17H,6-7H2,1H3,(H,16,18). The number of amides is 1. The summed E-state index contributed by atoms with van der Waals surface area (Å²) in [6, 6.07) is 5.19. The molecule has 0 aliphatic rings. The van der Waals surface area contributed by atoms with Gasteiger partial charge in [-0.2, -0.15) is 13.2 Å². The van der Waals surface area contributed by atoms with Gasteiger partial charge in [0.15, 0.2) is 0 Å². The van der Waals surface area contributed by atoms with Gasteiger partial charge < -0.3 is 10.4 Å². The first-order chi connectivity index (χ1) is 8.81. The smallest absolute Gasteiger partial charge is 0.396 e. The van der Waals surface area contributed by atoms with Crippen LogP contribution < -0.4 is 5.32 Å². The molecular weight excluding hydrogens is 279 g/mol. The van der Waals surface area contributed by atoms with E-state index in [1.807, 2.05) is 0 Å². The van der Waals surface area contributed by atoms with Crippen molar-refractivity contribution in [3.8, 4) is 0 Å². The summed E-state index contributed by atoms with van der Waals surface area (Å²) in [6.45, 7) is 2.04. The van der Waals surface area contributed by atoms with Crippen molar-refractivity contribution in [2.45, 2.75) is 17.3 Å². The van der Waals surface area contributed by atoms with Crippen LogP contribution in [0.15, 0.2) is 29.2 Å². The minimum Gasteiger partial charge on any atom is -0.396 e. The van der Waals surface area contributed by atoms with Crippen LogP contribution in [0.2, 0.25) is 0 Å². The third-order valence-corrected chi connectivity index (χ3v) is 3.01. The number of rotatable bonds is 5. The maximum Gasteiger partial charge on any atom is 0.446 e. The van der Waals surface area contributed by atoms with Gasteiger partial charge in [0.05, 0.1) is 0 Å². The van der Waals surface area contributed by atoms with Crippen LogP contribution in [0.1, 0.15) is 17.3 Å². The SMILES string of the molecule is CC(CO)CNC(=O)c1ccc(SC(F)(F)F)cc1. The quantitative estimate of drug-likeness (QED) is 0.821. The van der Waals surface area contributed by atoms with Gasteiger partial charge in [0.25, 0.3) is 5.91 Å². The second-order valence-electron chi connectivity index (χ2n) is 4.07. The average molecular weight is 293 g/mol. The average Bonchev–Trinajstić information content (AvgIpc) is 2.34. The van der Waals surface area contributed by atoms with E-state index in [-0.39, 0.29) is 40.7 Å². The fourth-order valence-corrected chi connectivity index (χ4v) is 1.78. The highest BCUT2D eigenvalue weighted by atomic mass is 32.2. The van der Waals surface area contributed by atoms with Crippen LogP contribution in [0.25, 0.3) is 0 Å². The van der Waals surface area contributed by atoms with E-state index in [4.69, 9.17) is 5.11 Å². The van der Waals surface area contributed by atoms with Gasteiger partial charge in [-0.3, -0.25) is 4.79 Å². The summed E-state index contributed by atoms with van der Waals surface area (Å²) in [5.74, 6) is -0.437. The Morgan fingerprint density at radius 3 is 2.42 bits per heavy atom. The summed E-state index contributed by atoms with van der Waals surface area (Å²) in [7, 11) is 0. The number of aliphatic hydroxyl groups is 1. The maximum atomic E-state index is 12.1. The fraction of sp³-hybridized carbons (Fsp3) is 0.417. The Hall–Kier alpha value is -1.21. The summed E-state index contributed by atoms with van der Waals surface area (Å²) in [4.78, 5) is 11.7. The molecule has 0 fully saturated rings. The zero-order valence-electron chi connectivity index (χ0n) is 10.2. The molecule has 0 spiro atoms. The Morgan fingerprint density at radius 1 is 1.37 bits per heavy atom. The van der Waals surface area contributed by atoms with Crippen LogP contribution in [-0.2, 0) is 0 Å². The van der Waals surface area contributed by atoms with Crippen LogP contribution in [0.5, 0.6) is 0 Å². The van der Waals surface area contributed by atoms with Crippen LogP contribution in [0.3, 0.4) is 0 Å². The van der Waals surface area contributed by atoms with E-state index in [0.717, 1.165) is 0 Å². The Labute approximate surface area is 113 Å². The number of hydrogen-bond donors (Lipinski definition) is 2. The zero-order valence-corrected chi connectivity index (χ0v) is 11.0. The molecule has 1 atom stereocenters. The molecule has 0 aliphatic heterocycles. The van der Waals surface area contributed by atoms with Crippen LogP contribution in [0.4, 0.5) is 13.2 Å². The van der Waals surface area contributed by atoms with Crippen molar-refractivity contribution >= 4 is 17.7 Å². The lowest BCUT2D eigenvalue weighted by Gasteiger charge is -2.10. The highest BCUT2D eigenvalue weighted by Crippen LogP contribution is 2.36. The number of carbonyl (C=O) groups excluding carboxylic acids is 1. The van der Waals surface area contributed by atoms with Crippen molar-refractivity contribution in [1.82, 2.24) is 5.32 Å². The first-order valence-electron chi connectivity index (χ1n) is 5.56. The second kappa shape index (κ2) is 6.81. The minimum absolute atomic E-state index is 0.0350. The van der Waals surface area contributed by atoms with Gasteiger partial charge in [-0.05, 0) is 41.9 Å². The predicted molar refractivity (Wildman–Crippen MR) is 66.9 cm³/mol. The van der Waals surface area contributed by atoms with Gasteiger partial charge in [0, 0.05) is 23.6 Å². The number of alkyl halides is 3. The Kier molecular flexibility index (Phi) is 5.68. The number of nitrogens with one attached hydrogen (secondary N) is 1. The van der Waals surface area contributed by atoms with E-state index in [1.165, 1.54) is 24.3 Å². The first-order valence-corrected chi connectivity index (χ1v) is 6.38.